The Morgan fingerprint density at radius 3 is 2.30 bits per heavy atom. The van der Waals surface area contributed by atoms with Crippen LogP contribution in [0.4, 0.5) is 0 Å². The molecular weight excluding hydrogens is 392 g/mol. The third kappa shape index (κ3) is 4.57. The van der Waals surface area contributed by atoms with Gasteiger partial charge in [0.25, 0.3) is 5.91 Å². The zero-order valence-corrected chi connectivity index (χ0v) is 17.6. The normalized spacial score (nSPS) is 17.0. The van der Waals surface area contributed by atoms with Gasteiger partial charge in [0.05, 0.1) is 11.8 Å². The van der Waals surface area contributed by atoms with Crippen molar-refractivity contribution in [2.45, 2.75) is 24.9 Å². The molecule has 4 nitrogen and oxygen atoms in total. The topological polar surface area (TPSA) is 49.4 Å². The largest absolute Gasteiger partial charge is 0.346 e. The fourth-order valence-corrected chi connectivity index (χ4v) is 4.77. The van der Waals surface area contributed by atoms with Crippen molar-refractivity contribution >= 4 is 23.6 Å². The van der Waals surface area contributed by atoms with Crippen LogP contribution < -0.4 is 5.32 Å². The first kappa shape index (κ1) is 20.2. The van der Waals surface area contributed by atoms with Gasteiger partial charge in [0.2, 0.25) is 5.91 Å². The van der Waals surface area contributed by atoms with Crippen LogP contribution in [-0.2, 0) is 11.3 Å². The fourth-order valence-electron chi connectivity index (χ4n) is 3.59. The maximum Gasteiger partial charge on any atom is 0.251 e. The van der Waals surface area contributed by atoms with E-state index in [1.165, 1.54) is 0 Å². The molecule has 0 aromatic heterocycles. The number of rotatable bonds is 6. The highest BCUT2D eigenvalue weighted by Gasteiger charge is 2.32. The lowest BCUT2D eigenvalue weighted by Gasteiger charge is -2.24. The van der Waals surface area contributed by atoms with E-state index in [-0.39, 0.29) is 23.2 Å². The second kappa shape index (κ2) is 9.18. The molecule has 0 saturated carbocycles. The lowest BCUT2D eigenvalue weighted by atomic mass is 10.1. The van der Waals surface area contributed by atoms with Crippen LogP contribution in [0.25, 0.3) is 0 Å². The van der Waals surface area contributed by atoms with Gasteiger partial charge in [-0.3, -0.25) is 9.59 Å². The molecule has 0 radical (unpaired) electrons. The van der Waals surface area contributed by atoms with Crippen molar-refractivity contribution in [1.29, 1.82) is 0 Å². The maximum absolute atomic E-state index is 12.6. The SMILES string of the molecule is C[C@@H](NC(=O)c1ccc(C2SCC(=O)N2Cc2ccccc2)cc1)c1ccccc1. The first-order chi connectivity index (χ1) is 14.6. The summed E-state index contributed by atoms with van der Waals surface area (Å²) in [4.78, 5) is 27.0. The van der Waals surface area contributed by atoms with Gasteiger partial charge >= 0.3 is 0 Å². The zero-order chi connectivity index (χ0) is 20.9. The molecule has 2 amide bonds. The summed E-state index contributed by atoms with van der Waals surface area (Å²) in [6.45, 7) is 2.57. The molecule has 5 heteroatoms. The highest BCUT2D eigenvalue weighted by Crippen LogP contribution is 2.39. The maximum atomic E-state index is 12.6. The number of nitrogens with one attached hydrogen (secondary N) is 1. The van der Waals surface area contributed by atoms with Crippen molar-refractivity contribution in [3.8, 4) is 0 Å². The summed E-state index contributed by atoms with van der Waals surface area (Å²) >= 11 is 1.63. The number of thioether (sulfide) groups is 1. The molecule has 2 atom stereocenters. The van der Waals surface area contributed by atoms with Gasteiger partial charge in [-0.25, -0.2) is 0 Å². The third-order valence-corrected chi connectivity index (χ3v) is 6.53. The van der Waals surface area contributed by atoms with Crippen molar-refractivity contribution in [1.82, 2.24) is 10.2 Å². The van der Waals surface area contributed by atoms with E-state index in [0.29, 0.717) is 17.9 Å². The molecule has 1 unspecified atom stereocenters. The predicted molar refractivity (Wildman–Crippen MR) is 121 cm³/mol. The summed E-state index contributed by atoms with van der Waals surface area (Å²) < 4.78 is 0. The standard InChI is InChI=1S/C25H24N2O2S/c1-18(20-10-6-3-7-11-20)26-24(29)21-12-14-22(15-13-21)25-27(23(28)17-30-25)16-19-8-4-2-5-9-19/h2-15,18,25H,16-17H2,1H3,(H,26,29)/t18-,25?/m1/s1. The minimum Gasteiger partial charge on any atom is -0.346 e. The quantitative estimate of drug-likeness (QED) is 0.618. The Labute approximate surface area is 181 Å². The molecule has 3 aromatic rings. The van der Waals surface area contributed by atoms with Crippen LogP contribution in [0.15, 0.2) is 84.9 Å². The molecule has 1 saturated heterocycles. The summed E-state index contributed by atoms with van der Waals surface area (Å²) in [6, 6.07) is 27.4. The molecule has 4 rings (SSSR count). The van der Waals surface area contributed by atoms with Crippen molar-refractivity contribution in [3.05, 3.63) is 107 Å². The molecule has 0 bridgehead atoms. The number of hydrogen-bond donors (Lipinski definition) is 1. The van der Waals surface area contributed by atoms with Crippen LogP contribution in [0.3, 0.4) is 0 Å². The molecule has 1 aliphatic rings. The number of carbonyl (C=O) groups is 2. The Morgan fingerprint density at radius 2 is 1.63 bits per heavy atom. The molecule has 0 spiro atoms. The summed E-state index contributed by atoms with van der Waals surface area (Å²) in [5, 5.41) is 3.01. The molecule has 1 aliphatic heterocycles. The predicted octanol–water partition coefficient (Wildman–Crippen LogP) is 4.95. The van der Waals surface area contributed by atoms with Gasteiger partial charge in [-0.2, -0.15) is 0 Å². The van der Waals surface area contributed by atoms with E-state index in [4.69, 9.17) is 0 Å². The van der Waals surface area contributed by atoms with E-state index in [9.17, 15) is 9.59 Å². The van der Waals surface area contributed by atoms with E-state index in [0.717, 1.165) is 16.7 Å². The van der Waals surface area contributed by atoms with Gasteiger partial charge in [0.15, 0.2) is 0 Å². The van der Waals surface area contributed by atoms with Crippen molar-refractivity contribution in [3.63, 3.8) is 0 Å². The molecule has 3 aromatic carbocycles. The smallest absolute Gasteiger partial charge is 0.251 e. The summed E-state index contributed by atoms with van der Waals surface area (Å²) in [5.74, 6) is 0.524. The Balaban J connectivity index is 1.44. The third-order valence-electron chi connectivity index (χ3n) is 5.27. The molecule has 152 valence electrons. The minimum atomic E-state index is -0.103. The van der Waals surface area contributed by atoms with Crippen molar-refractivity contribution < 1.29 is 9.59 Å². The average molecular weight is 417 g/mol. The van der Waals surface area contributed by atoms with Crippen LogP contribution in [0.5, 0.6) is 0 Å². The Morgan fingerprint density at radius 1 is 1.00 bits per heavy atom. The van der Waals surface area contributed by atoms with Gasteiger partial charge in [-0.15, -0.1) is 11.8 Å². The van der Waals surface area contributed by atoms with E-state index >= 15 is 0 Å². The van der Waals surface area contributed by atoms with Crippen LogP contribution in [0, 0.1) is 0 Å². The highest BCUT2D eigenvalue weighted by atomic mass is 32.2. The van der Waals surface area contributed by atoms with Crippen LogP contribution >= 0.6 is 11.8 Å². The molecule has 30 heavy (non-hydrogen) atoms. The van der Waals surface area contributed by atoms with E-state index in [2.05, 4.69) is 5.32 Å². The van der Waals surface area contributed by atoms with E-state index < -0.39 is 0 Å². The second-order valence-corrected chi connectivity index (χ2v) is 8.47. The number of benzene rings is 3. The average Bonchev–Trinajstić information content (AvgIpc) is 3.15. The molecule has 0 aliphatic carbocycles. The van der Waals surface area contributed by atoms with Crippen molar-refractivity contribution in [2.24, 2.45) is 0 Å². The molecule has 1 heterocycles. The number of amides is 2. The van der Waals surface area contributed by atoms with Crippen LogP contribution in [0.1, 0.15) is 45.4 Å². The summed E-state index contributed by atoms with van der Waals surface area (Å²) in [5.41, 5.74) is 3.84. The number of nitrogens with zero attached hydrogens (tertiary/aromatic N) is 1. The Kier molecular flexibility index (Phi) is 6.19. The van der Waals surface area contributed by atoms with Gasteiger partial charge in [-0.1, -0.05) is 72.8 Å². The van der Waals surface area contributed by atoms with Crippen LogP contribution in [-0.4, -0.2) is 22.5 Å². The highest BCUT2D eigenvalue weighted by molar-refractivity contribution is 8.00. The molecule has 1 fully saturated rings. The number of hydrogen-bond acceptors (Lipinski definition) is 3. The van der Waals surface area contributed by atoms with Gasteiger partial charge in [0.1, 0.15) is 5.37 Å². The fraction of sp³-hybridized carbons (Fsp3) is 0.200. The van der Waals surface area contributed by atoms with E-state index in [1.54, 1.807) is 11.8 Å². The lowest BCUT2D eigenvalue weighted by Crippen LogP contribution is -2.28. The van der Waals surface area contributed by atoms with Crippen molar-refractivity contribution in [2.75, 3.05) is 5.75 Å². The van der Waals surface area contributed by atoms with Gasteiger partial charge < -0.3 is 10.2 Å². The summed E-state index contributed by atoms with van der Waals surface area (Å²) in [7, 11) is 0. The number of carbonyl (C=O) groups excluding carboxylic acids is 2. The van der Waals surface area contributed by atoms with Gasteiger partial charge in [0, 0.05) is 12.1 Å². The Hall–Kier alpha value is -3.05. The lowest BCUT2D eigenvalue weighted by molar-refractivity contribution is -0.128. The first-order valence-electron chi connectivity index (χ1n) is 10.0. The molecule has 1 N–H and O–H groups in total. The van der Waals surface area contributed by atoms with E-state index in [1.807, 2.05) is 96.8 Å². The summed E-state index contributed by atoms with van der Waals surface area (Å²) in [6.07, 6.45) is 0. The molecular formula is C25H24N2O2S. The monoisotopic (exact) mass is 416 g/mol. The second-order valence-electron chi connectivity index (χ2n) is 7.40. The zero-order valence-electron chi connectivity index (χ0n) is 16.8. The minimum absolute atomic E-state index is 0.0296. The first-order valence-corrected chi connectivity index (χ1v) is 11.1. The Bertz CT molecular complexity index is 1010. The van der Waals surface area contributed by atoms with Crippen LogP contribution in [0.2, 0.25) is 0 Å². The van der Waals surface area contributed by atoms with Gasteiger partial charge in [-0.05, 0) is 35.7 Å².